The summed E-state index contributed by atoms with van der Waals surface area (Å²) in [5, 5.41) is 2.84. The minimum Gasteiger partial charge on any atom is -0.453 e. The van der Waals surface area contributed by atoms with Crippen molar-refractivity contribution in [1.82, 2.24) is 10.2 Å². The van der Waals surface area contributed by atoms with E-state index in [1.54, 1.807) is 11.9 Å². The number of methoxy groups -OCH3 is 1. The van der Waals surface area contributed by atoms with Crippen LogP contribution in [-0.4, -0.2) is 55.9 Å². The molecule has 1 saturated heterocycles. The second-order valence-corrected chi connectivity index (χ2v) is 7.53. The minimum absolute atomic E-state index is 0.0153. The van der Waals surface area contributed by atoms with Crippen molar-refractivity contribution < 1.29 is 19.1 Å². The van der Waals surface area contributed by atoms with Gasteiger partial charge in [-0.25, -0.2) is 4.79 Å². The van der Waals surface area contributed by atoms with Crippen LogP contribution in [0.5, 0.6) is 0 Å². The van der Waals surface area contributed by atoms with Gasteiger partial charge in [0.1, 0.15) is 0 Å². The smallest absolute Gasteiger partial charge is 0.409 e. The van der Waals surface area contributed by atoms with E-state index in [4.69, 9.17) is 9.47 Å². The van der Waals surface area contributed by atoms with Gasteiger partial charge in [0, 0.05) is 24.1 Å². The Hall–Kier alpha value is -2.52. The Labute approximate surface area is 166 Å². The van der Waals surface area contributed by atoms with Crippen LogP contribution in [0.15, 0.2) is 24.3 Å². The number of carbonyl (C=O) groups excluding carboxylic acids is 2. The van der Waals surface area contributed by atoms with Gasteiger partial charge in [0.15, 0.2) is 5.60 Å². The maximum atomic E-state index is 12.4. The molecule has 0 aromatic heterocycles. The number of esters is 1. The van der Waals surface area contributed by atoms with E-state index in [0.717, 1.165) is 30.4 Å². The molecule has 3 rings (SSSR count). The van der Waals surface area contributed by atoms with Gasteiger partial charge >= 0.3 is 12.1 Å². The Morgan fingerprint density at radius 2 is 2.18 bits per heavy atom. The first-order chi connectivity index (χ1) is 13.5. The first-order valence-corrected chi connectivity index (χ1v) is 9.80. The van der Waals surface area contributed by atoms with Crippen molar-refractivity contribution in [2.45, 2.75) is 44.2 Å². The van der Waals surface area contributed by atoms with Gasteiger partial charge in [-0.15, -0.1) is 0 Å². The fourth-order valence-corrected chi connectivity index (χ4v) is 4.45. The van der Waals surface area contributed by atoms with Crippen LogP contribution in [0.1, 0.15) is 36.8 Å². The highest BCUT2D eigenvalue weighted by Gasteiger charge is 2.53. The molecule has 1 amide bonds. The fraction of sp³-hybridized carbons (Fsp3) is 0.545. The average Bonchev–Trinajstić information content (AvgIpc) is 3.12. The summed E-state index contributed by atoms with van der Waals surface area (Å²) in [4.78, 5) is 26.3. The van der Waals surface area contributed by atoms with Crippen LogP contribution in [0, 0.1) is 24.7 Å². The van der Waals surface area contributed by atoms with Gasteiger partial charge in [0.05, 0.1) is 13.7 Å². The molecule has 0 spiro atoms. The van der Waals surface area contributed by atoms with Crippen molar-refractivity contribution in [1.29, 1.82) is 0 Å². The molecule has 150 valence electrons. The molecule has 6 heteroatoms. The number of hydrogen-bond donors (Lipinski definition) is 1. The van der Waals surface area contributed by atoms with Gasteiger partial charge in [-0.2, -0.15) is 0 Å². The largest absolute Gasteiger partial charge is 0.453 e. The molecule has 1 aliphatic heterocycles. The fourth-order valence-electron chi connectivity index (χ4n) is 4.45. The number of nitrogens with zero attached hydrogens (tertiary/aromatic N) is 1. The molecule has 0 bridgehead atoms. The summed E-state index contributed by atoms with van der Waals surface area (Å²) in [7, 11) is 3.11. The molecule has 1 saturated carbocycles. The summed E-state index contributed by atoms with van der Waals surface area (Å²) >= 11 is 0. The number of hydrogen-bond acceptors (Lipinski definition) is 5. The van der Waals surface area contributed by atoms with Crippen LogP contribution in [0.4, 0.5) is 4.79 Å². The molecular formula is C22H28N2O4. The number of amides is 1. The molecule has 0 unspecified atom stereocenters. The predicted octanol–water partition coefficient (Wildman–Crippen LogP) is 2.49. The topological polar surface area (TPSA) is 67.9 Å². The Balaban J connectivity index is 1.95. The number of aryl methyl sites for hydroxylation is 1. The van der Waals surface area contributed by atoms with Gasteiger partial charge in [0.2, 0.25) is 0 Å². The van der Waals surface area contributed by atoms with Crippen molar-refractivity contribution in [2.24, 2.45) is 5.92 Å². The van der Waals surface area contributed by atoms with Gasteiger partial charge in [-0.1, -0.05) is 18.1 Å². The van der Waals surface area contributed by atoms with Crippen LogP contribution in [0.25, 0.3) is 0 Å². The lowest BCUT2D eigenvalue weighted by Crippen LogP contribution is -2.52. The molecule has 0 radical (unpaired) electrons. The third kappa shape index (κ3) is 4.15. The van der Waals surface area contributed by atoms with E-state index in [2.05, 4.69) is 17.2 Å². The van der Waals surface area contributed by atoms with E-state index in [0.29, 0.717) is 13.0 Å². The number of likely N-dealkylation sites (tertiary alicyclic amines) is 1. The number of benzene rings is 1. The van der Waals surface area contributed by atoms with Crippen molar-refractivity contribution in [3.63, 3.8) is 0 Å². The summed E-state index contributed by atoms with van der Waals surface area (Å²) in [5.74, 6) is 6.21. The van der Waals surface area contributed by atoms with E-state index in [-0.39, 0.29) is 30.6 Å². The molecule has 6 nitrogen and oxygen atoms in total. The summed E-state index contributed by atoms with van der Waals surface area (Å²) < 4.78 is 10.9. The minimum atomic E-state index is -0.886. The van der Waals surface area contributed by atoms with Gasteiger partial charge in [-0.3, -0.25) is 4.79 Å². The summed E-state index contributed by atoms with van der Waals surface area (Å²) in [6.07, 6.45) is 2.81. The third-order valence-electron chi connectivity index (χ3n) is 5.66. The summed E-state index contributed by atoms with van der Waals surface area (Å²) in [6, 6.07) is 7.95. The average molecular weight is 384 g/mol. The molecule has 1 aliphatic carbocycles. The molecule has 2 aliphatic rings. The molecular weight excluding hydrogens is 356 g/mol. The van der Waals surface area contributed by atoms with E-state index in [1.165, 1.54) is 7.11 Å². The number of carbonyl (C=O) groups is 2. The number of likely N-dealkylation sites (N-methyl/N-ethyl adjacent to an activating group) is 1. The van der Waals surface area contributed by atoms with Crippen molar-refractivity contribution in [2.75, 3.05) is 27.2 Å². The highest BCUT2D eigenvalue weighted by atomic mass is 16.6. The first-order valence-electron chi connectivity index (χ1n) is 9.80. The zero-order valence-corrected chi connectivity index (χ0v) is 16.8. The number of nitrogens with one attached hydrogen (secondary N) is 1. The van der Waals surface area contributed by atoms with Crippen molar-refractivity contribution >= 4 is 12.1 Å². The quantitative estimate of drug-likeness (QED) is 0.641. The maximum absolute atomic E-state index is 12.4. The Bertz CT molecular complexity index is 797. The number of ether oxygens (including phenoxy) is 2. The lowest BCUT2D eigenvalue weighted by molar-refractivity contribution is -0.161. The lowest BCUT2D eigenvalue weighted by Gasteiger charge is -2.42. The Kier molecular flexibility index (Phi) is 6.25. The highest BCUT2D eigenvalue weighted by molar-refractivity contribution is 5.73. The Morgan fingerprint density at radius 3 is 2.89 bits per heavy atom. The van der Waals surface area contributed by atoms with Crippen LogP contribution < -0.4 is 5.32 Å². The Morgan fingerprint density at radius 1 is 1.36 bits per heavy atom. The molecule has 1 heterocycles. The van der Waals surface area contributed by atoms with Crippen LogP contribution >= 0.6 is 0 Å². The van der Waals surface area contributed by atoms with Gasteiger partial charge in [0.25, 0.3) is 0 Å². The second kappa shape index (κ2) is 8.66. The second-order valence-electron chi connectivity index (χ2n) is 7.53. The molecule has 3 atom stereocenters. The molecule has 1 aromatic rings. The van der Waals surface area contributed by atoms with Gasteiger partial charge < -0.3 is 19.7 Å². The standard InChI is InChI=1S/C22H28N2O4/c1-16-6-4-7-17(14-16)9-12-22(28-20(25)15-23-2)11-5-8-19-18(22)10-13-24(19)21(26)27-3/h4,6-7,14,18-19,23H,5,8,10-11,13,15H2,1-3H3/t18-,19-,22-/m1/s1. The normalized spacial score (nSPS) is 26.0. The summed E-state index contributed by atoms with van der Waals surface area (Å²) in [5.41, 5.74) is 1.14. The van der Waals surface area contributed by atoms with E-state index in [9.17, 15) is 9.59 Å². The monoisotopic (exact) mass is 384 g/mol. The highest BCUT2D eigenvalue weighted by Crippen LogP contribution is 2.45. The third-order valence-corrected chi connectivity index (χ3v) is 5.66. The van der Waals surface area contributed by atoms with E-state index in [1.807, 2.05) is 31.2 Å². The van der Waals surface area contributed by atoms with Crippen molar-refractivity contribution in [3.05, 3.63) is 35.4 Å². The molecule has 28 heavy (non-hydrogen) atoms. The molecule has 1 N–H and O–H groups in total. The van der Waals surface area contributed by atoms with Crippen LogP contribution in [0.3, 0.4) is 0 Å². The summed E-state index contributed by atoms with van der Waals surface area (Å²) in [6.45, 7) is 2.75. The van der Waals surface area contributed by atoms with Gasteiger partial charge in [-0.05, 0) is 63.3 Å². The number of rotatable bonds is 3. The SMILES string of the molecule is CNCC(=O)O[C@@]1(C#Cc2cccc(C)c2)CCC[C@@H]2[C@H]1CCN2C(=O)OC. The van der Waals surface area contributed by atoms with E-state index < -0.39 is 5.60 Å². The van der Waals surface area contributed by atoms with E-state index >= 15 is 0 Å². The number of fused-ring (bicyclic) bond motifs is 1. The van der Waals surface area contributed by atoms with Crippen LogP contribution in [-0.2, 0) is 14.3 Å². The predicted molar refractivity (Wildman–Crippen MR) is 106 cm³/mol. The van der Waals surface area contributed by atoms with Crippen LogP contribution in [0.2, 0.25) is 0 Å². The van der Waals surface area contributed by atoms with Crippen molar-refractivity contribution in [3.8, 4) is 11.8 Å². The maximum Gasteiger partial charge on any atom is 0.409 e. The molecule has 1 aromatic carbocycles. The molecule has 2 fully saturated rings. The zero-order valence-electron chi connectivity index (χ0n) is 16.8. The lowest BCUT2D eigenvalue weighted by atomic mass is 9.72. The first kappa shape index (κ1) is 20.2. The zero-order chi connectivity index (χ0) is 20.1.